The summed E-state index contributed by atoms with van der Waals surface area (Å²) >= 11 is 0. The van der Waals surface area contributed by atoms with Crippen molar-refractivity contribution in [3.05, 3.63) is 53.6 Å². The molecule has 2 aromatic rings. The Hall–Kier alpha value is -2.20. The molecular weight excluding hydrogens is 266 g/mol. The van der Waals surface area contributed by atoms with E-state index in [4.69, 9.17) is 19.9 Å². The van der Waals surface area contributed by atoms with Crippen molar-refractivity contribution in [2.24, 2.45) is 5.73 Å². The largest absolute Gasteiger partial charge is 0.497 e. The molecule has 2 aromatic carbocycles. The maximum Gasteiger partial charge on any atom is 0.166 e. The van der Waals surface area contributed by atoms with Gasteiger partial charge in [-0.15, -0.1) is 0 Å². The minimum absolute atomic E-state index is 0.113. The van der Waals surface area contributed by atoms with E-state index >= 15 is 0 Å². The zero-order chi connectivity index (χ0) is 15.2. The monoisotopic (exact) mass is 287 g/mol. The average molecular weight is 287 g/mol. The quantitative estimate of drug-likeness (QED) is 0.885. The maximum atomic E-state index is 6.07. The lowest BCUT2D eigenvalue weighted by atomic mass is 10.1. The number of hydrogen-bond acceptors (Lipinski definition) is 4. The SMILES string of the molecule is COc1ccc(C(C)Oc2c(CN)cccc2OC)cc1. The Kier molecular flexibility index (Phi) is 5.06. The highest BCUT2D eigenvalue weighted by molar-refractivity contribution is 5.47. The Balaban J connectivity index is 2.23. The first-order valence-corrected chi connectivity index (χ1v) is 6.86. The Morgan fingerprint density at radius 3 is 2.29 bits per heavy atom. The summed E-state index contributed by atoms with van der Waals surface area (Å²) in [6.07, 6.45) is -0.113. The fourth-order valence-corrected chi connectivity index (χ4v) is 2.14. The van der Waals surface area contributed by atoms with Gasteiger partial charge in [0, 0.05) is 12.1 Å². The third-order valence-corrected chi connectivity index (χ3v) is 3.38. The maximum absolute atomic E-state index is 6.07. The van der Waals surface area contributed by atoms with Crippen LogP contribution >= 0.6 is 0 Å². The second-order valence-corrected chi connectivity index (χ2v) is 4.69. The van der Waals surface area contributed by atoms with Crippen LogP contribution in [0.1, 0.15) is 24.2 Å². The molecule has 0 aliphatic rings. The number of ether oxygens (including phenoxy) is 3. The normalized spacial score (nSPS) is 11.8. The van der Waals surface area contributed by atoms with Gasteiger partial charge in [0.05, 0.1) is 14.2 Å². The summed E-state index contributed by atoms with van der Waals surface area (Å²) in [4.78, 5) is 0. The van der Waals surface area contributed by atoms with Crippen LogP contribution in [0, 0.1) is 0 Å². The van der Waals surface area contributed by atoms with E-state index in [1.165, 1.54) is 0 Å². The molecule has 112 valence electrons. The molecule has 4 nitrogen and oxygen atoms in total. The molecular formula is C17H21NO3. The topological polar surface area (TPSA) is 53.7 Å². The Morgan fingerprint density at radius 2 is 1.71 bits per heavy atom. The van der Waals surface area contributed by atoms with Gasteiger partial charge >= 0.3 is 0 Å². The minimum Gasteiger partial charge on any atom is -0.497 e. The third-order valence-electron chi connectivity index (χ3n) is 3.38. The van der Waals surface area contributed by atoms with E-state index in [1.807, 2.05) is 49.4 Å². The lowest BCUT2D eigenvalue weighted by Gasteiger charge is -2.19. The van der Waals surface area contributed by atoms with Gasteiger partial charge < -0.3 is 19.9 Å². The van der Waals surface area contributed by atoms with Crippen LogP contribution in [-0.2, 0) is 6.54 Å². The van der Waals surface area contributed by atoms with Crippen molar-refractivity contribution >= 4 is 0 Å². The number of rotatable bonds is 6. The molecule has 1 unspecified atom stereocenters. The van der Waals surface area contributed by atoms with Crippen LogP contribution in [0.5, 0.6) is 17.2 Å². The van der Waals surface area contributed by atoms with Gasteiger partial charge in [0.25, 0.3) is 0 Å². The van der Waals surface area contributed by atoms with Crippen LogP contribution in [0.4, 0.5) is 0 Å². The van der Waals surface area contributed by atoms with E-state index in [0.29, 0.717) is 18.0 Å². The van der Waals surface area contributed by atoms with Crippen LogP contribution < -0.4 is 19.9 Å². The zero-order valence-electron chi connectivity index (χ0n) is 12.6. The summed E-state index contributed by atoms with van der Waals surface area (Å²) in [6, 6.07) is 13.5. The standard InChI is InChI=1S/C17H21NO3/c1-12(13-7-9-15(19-2)10-8-13)21-17-14(11-18)5-4-6-16(17)20-3/h4-10,12H,11,18H2,1-3H3. The number of hydrogen-bond donors (Lipinski definition) is 1. The van der Waals surface area contributed by atoms with Gasteiger partial charge in [-0.25, -0.2) is 0 Å². The molecule has 0 saturated carbocycles. The summed E-state index contributed by atoms with van der Waals surface area (Å²) in [6.45, 7) is 2.40. The van der Waals surface area contributed by atoms with Gasteiger partial charge in [-0.1, -0.05) is 24.3 Å². The van der Waals surface area contributed by atoms with Crippen LogP contribution in [-0.4, -0.2) is 14.2 Å². The van der Waals surface area contributed by atoms with Gasteiger partial charge in [-0.3, -0.25) is 0 Å². The first kappa shape index (κ1) is 15.2. The van der Waals surface area contributed by atoms with Crippen molar-refractivity contribution < 1.29 is 14.2 Å². The highest BCUT2D eigenvalue weighted by Crippen LogP contribution is 2.34. The second-order valence-electron chi connectivity index (χ2n) is 4.69. The Bertz CT molecular complexity index is 559. The van der Waals surface area contributed by atoms with Gasteiger partial charge in [0.2, 0.25) is 0 Å². The highest BCUT2D eigenvalue weighted by Gasteiger charge is 2.14. The van der Waals surface area contributed by atoms with Crippen molar-refractivity contribution in [1.29, 1.82) is 0 Å². The molecule has 4 heteroatoms. The van der Waals surface area contributed by atoms with E-state index < -0.39 is 0 Å². The number of nitrogens with two attached hydrogens (primary N) is 1. The first-order chi connectivity index (χ1) is 10.2. The predicted molar refractivity (Wildman–Crippen MR) is 82.9 cm³/mol. The van der Waals surface area contributed by atoms with E-state index in [9.17, 15) is 0 Å². The molecule has 21 heavy (non-hydrogen) atoms. The van der Waals surface area contributed by atoms with Gasteiger partial charge in [0.1, 0.15) is 11.9 Å². The third kappa shape index (κ3) is 3.47. The summed E-state index contributed by atoms with van der Waals surface area (Å²) < 4.78 is 16.6. The van der Waals surface area contributed by atoms with Crippen molar-refractivity contribution in [3.8, 4) is 17.2 Å². The molecule has 0 saturated heterocycles. The van der Waals surface area contributed by atoms with Gasteiger partial charge in [-0.05, 0) is 30.7 Å². The summed E-state index contributed by atoms with van der Waals surface area (Å²) in [5.74, 6) is 2.22. The van der Waals surface area contributed by atoms with Gasteiger partial charge in [0.15, 0.2) is 11.5 Å². The fourth-order valence-electron chi connectivity index (χ4n) is 2.14. The summed E-state index contributed by atoms with van der Waals surface area (Å²) in [5.41, 5.74) is 7.76. The minimum atomic E-state index is -0.113. The predicted octanol–water partition coefficient (Wildman–Crippen LogP) is 3.30. The van der Waals surface area contributed by atoms with Crippen LogP contribution in [0.15, 0.2) is 42.5 Å². The second kappa shape index (κ2) is 6.99. The lowest BCUT2D eigenvalue weighted by Crippen LogP contribution is -2.08. The molecule has 0 fully saturated rings. The summed E-state index contributed by atoms with van der Waals surface area (Å²) in [7, 11) is 3.28. The van der Waals surface area contributed by atoms with Gasteiger partial charge in [-0.2, -0.15) is 0 Å². The molecule has 0 aromatic heterocycles. The highest BCUT2D eigenvalue weighted by atomic mass is 16.5. The molecule has 0 aliphatic heterocycles. The van der Waals surface area contributed by atoms with Crippen LogP contribution in [0.2, 0.25) is 0 Å². The fraction of sp³-hybridized carbons (Fsp3) is 0.294. The lowest BCUT2D eigenvalue weighted by molar-refractivity contribution is 0.213. The smallest absolute Gasteiger partial charge is 0.166 e. The molecule has 0 spiro atoms. The van der Waals surface area contributed by atoms with E-state index in [2.05, 4.69) is 0 Å². The van der Waals surface area contributed by atoms with Crippen LogP contribution in [0.3, 0.4) is 0 Å². The summed E-state index contributed by atoms with van der Waals surface area (Å²) in [5, 5.41) is 0. The van der Waals surface area contributed by atoms with E-state index in [-0.39, 0.29) is 6.10 Å². The Labute approximate surface area is 125 Å². The molecule has 0 bridgehead atoms. The van der Waals surface area contributed by atoms with Crippen molar-refractivity contribution in [3.63, 3.8) is 0 Å². The molecule has 2 N–H and O–H groups in total. The van der Waals surface area contributed by atoms with Crippen molar-refractivity contribution in [2.45, 2.75) is 19.6 Å². The van der Waals surface area contributed by atoms with Crippen molar-refractivity contribution in [2.75, 3.05) is 14.2 Å². The molecule has 0 heterocycles. The Morgan fingerprint density at radius 1 is 1.00 bits per heavy atom. The molecule has 1 atom stereocenters. The molecule has 0 aliphatic carbocycles. The van der Waals surface area contributed by atoms with Crippen LogP contribution in [0.25, 0.3) is 0 Å². The van der Waals surface area contributed by atoms with Crippen molar-refractivity contribution in [1.82, 2.24) is 0 Å². The molecule has 2 rings (SSSR count). The molecule has 0 amide bonds. The zero-order valence-corrected chi connectivity index (χ0v) is 12.6. The number of para-hydroxylation sites is 1. The first-order valence-electron chi connectivity index (χ1n) is 6.86. The molecule has 0 radical (unpaired) electrons. The number of methoxy groups -OCH3 is 2. The van der Waals surface area contributed by atoms with E-state index in [1.54, 1.807) is 14.2 Å². The number of benzene rings is 2. The van der Waals surface area contributed by atoms with E-state index in [0.717, 1.165) is 16.9 Å². The average Bonchev–Trinajstić information content (AvgIpc) is 2.55.